The van der Waals surface area contributed by atoms with Crippen LogP contribution in [0.3, 0.4) is 0 Å². The molecule has 0 bridgehead atoms. The number of hydrogen-bond acceptors (Lipinski definition) is 4. The number of amides is 1. The minimum Gasteiger partial charge on any atom is -0.496 e. The zero-order chi connectivity index (χ0) is 16.2. The molecule has 120 valence electrons. The summed E-state index contributed by atoms with van der Waals surface area (Å²) in [7, 11) is 1.70. The highest BCUT2D eigenvalue weighted by Gasteiger charge is 2.27. The molecule has 2 aromatic rings. The minimum absolute atomic E-state index is 0.349. The summed E-state index contributed by atoms with van der Waals surface area (Å²) in [5.74, 6) is 1.31. The predicted molar refractivity (Wildman–Crippen MR) is 89.8 cm³/mol. The first-order valence-corrected chi connectivity index (χ1v) is 7.83. The molecule has 1 aromatic carbocycles. The molecule has 5 heteroatoms. The second kappa shape index (κ2) is 6.69. The Hall–Kier alpha value is -2.56. The molecule has 2 N–H and O–H groups in total. The fraction of sp³-hybridized carbons (Fsp3) is 0.333. The standard InChI is InChI=1S/C18H21N3O2/c1-23-16-7-3-2-5-13(16)11-15-6-4-10-21(15)17-12-14(18(19)22)8-9-20-17/h2-3,5,7-9,12,15H,4,6,10-11H2,1H3,(H2,19,22)/t15-/m1/s1. The van der Waals surface area contributed by atoms with Crippen LogP contribution >= 0.6 is 0 Å². The Kier molecular flexibility index (Phi) is 4.46. The lowest BCUT2D eigenvalue weighted by Crippen LogP contribution is -2.32. The van der Waals surface area contributed by atoms with Gasteiger partial charge >= 0.3 is 0 Å². The van der Waals surface area contributed by atoms with Crippen LogP contribution in [0.5, 0.6) is 5.75 Å². The summed E-state index contributed by atoms with van der Waals surface area (Å²) in [4.78, 5) is 18.1. The molecule has 3 rings (SSSR count). The number of anilines is 1. The topological polar surface area (TPSA) is 68.5 Å². The number of aromatic nitrogens is 1. The van der Waals surface area contributed by atoms with E-state index in [2.05, 4.69) is 16.0 Å². The monoisotopic (exact) mass is 311 g/mol. The van der Waals surface area contributed by atoms with Gasteiger partial charge in [-0.3, -0.25) is 4.79 Å². The smallest absolute Gasteiger partial charge is 0.248 e. The number of pyridine rings is 1. The summed E-state index contributed by atoms with van der Waals surface area (Å²) in [5.41, 5.74) is 7.07. The molecule has 1 aromatic heterocycles. The average Bonchev–Trinajstić information content (AvgIpc) is 3.03. The van der Waals surface area contributed by atoms with Crippen LogP contribution in [0, 0.1) is 0 Å². The number of nitrogens with zero attached hydrogens (tertiary/aromatic N) is 2. The van der Waals surface area contributed by atoms with Crippen LogP contribution in [0.4, 0.5) is 5.82 Å². The number of ether oxygens (including phenoxy) is 1. The first-order chi connectivity index (χ1) is 11.2. The van der Waals surface area contributed by atoms with Crippen molar-refractivity contribution in [2.75, 3.05) is 18.6 Å². The Bertz CT molecular complexity index is 702. The highest BCUT2D eigenvalue weighted by atomic mass is 16.5. The lowest BCUT2D eigenvalue weighted by atomic mass is 10.0. The number of benzene rings is 1. The summed E-state index contributed by atoms with van der Waals surface area (Å²) in [6.07, 6.45) is 4.75. The molecular formula is C18H21N3O2. The van der Waals surface area contributed by atoms with Crippen LogP contribution in [0.2, 0.25) is 0 Å². The molecule has 0 unspecified atom stereocenters. The number of methoxy groups -OCH3 is 1. The molecule has 5 nitrogen and oxygen atoms in total. The maximum Gasteiger partial charge on any atom is 0.248 e. The van der Waals surface area contributed by atoms with Crippen molar-refractivity contribution in [1.82, 2.24) is 4.98 Å². The molecule has 1 aliphatic rings. The zero-order valence-electron chi connectivity index (χ0n) is 13.2. The molecule has 0 aliphatic carbocycles. The first kappa shape index (κ1) is 15.3. The van der Waals surface area contributed by atoms with Crippen LogP contribution in [-0.4, -0.2) is 30.6 Å². The van der Waals surface area contributed by atoms with Gasteiger partial charge in [0.05, 0.1) is 7.11 Å². The van der Waals surface area contributed by atoms with Gasteiger partial charge in [0.25, 0.3) is 0 Å². The highest BCUT2D eigenvalue weighted by Crippen LogP contribution is 2.29. The highest BCUT2D eigenvalue weighted by molar-refractivity contribution is 5.93. The van der Waals surface area contributed by atoms with Gasteiger partial charge in [0.15, 0.2) is 0 Å². The summed E-state index contributed by atoms with van der Waals surface area (Å²) < 4.78 is 5.45. The molecule has 0 saturated carbocycles. The lowest BCUT2D eigenvalue weighted by Gasteiger charge is -2.26. The van der Waals surface area contributed by atoms with Crippen LogP contribution in [0.15, 0.2) is 42.6 Å². The Morgan fingerprint density at radius 3 is 3.00 bits per heavy atom. The number of hydrogen-bond donors (Lipinski definition) is 1. The van der Waals surface area contributed by atoms with Gasteiger partial charge in [0, 0.05) is 24.3 Å². The summed E-state index contributed by atoms with van der Waals surface area (Å²) in [6.45, 7) is 0.940. The first-order valence-electron chi connectivity index (χ1n) is 7.83. The fourth-order valence-electron chi connectivity index (χ4n) is 3.20. The lowest BCUT2D eigenvalue weighted by molar-refractivity contribution is 0.1000. The minimum atomic E-state index is -0.422. The summed E-state index contributed by atoms with van der Waals surface area (Å²) in [5, 5.41) is 0. The van der Waals surface area contributed by atoms with Gasteiger partial charge in [-0.05, 0) is 43.0 Å². The molecular weight excluding hydrogens is 290 g/mol. The van der Waals surface area contributed by atoms with Gasteiger partial charge in [-0.1, -0.05) is 18.2 Å². The Balaban J connectivity index is 1.83. The van der Waals surface area contributed by atoms with Crippen LogP contribution in [0.25, 0.3) is 0 Å². The van der Waals surface area contributed by atoms with E-state index in [0.29, 0.717) is 11.6 Å². The summed E-state index contributed by atoms with van der Waals surface area (Å²) in [6, 6.07) is 11.9. The maximum atomic E-state index is 11.4. The van der Waals surface area contributed by atoms with Crippen LogP contribution in [0.1, 0.15) is 28.8 Å². The fourth-order valence-corrected chi connectivity index (χ4v) is 3.20. The van der Waals surface area contributed by atoms with E-state index in [1.165, 1.54) is 5.56 Å². The van der Waals surface area contributed by atoms with E-state index in [0.717, 1.165) is 37.4 Å². The predicted octanol–water partition coefficient (Wildman–Crippen LogP) is 2.40. The number of primary amides is 1. The van der Waals surface area contributed by atoms with Crippen LogP contribution < -0.4 is 15.4 Å². The second-order valence-corrected chi connectivity index (χ2v) is 5.77. The number of carbonyl (C=O) groups is 1. The Morgan fingerprint density at radius 1 is 1.39 bits per heavy atom. The van der Waals surface area contributed by atoms with Crippen molar-refractivity contribution in [1.29, 1.82) is 0 Å². The van der Waals surface area contributed by atoms with Crippen molar-refractivity contribution < 1.29 is 9.53 Å². The van der Waals surface area contributed by atoms with Crippen molar-refractivity contribution in [3.63, 3.8) is 0 Å². The van der Waals surface area contributed by atoms with Crippen molar-refractivity contribution >= 4 is 11.7 Å². The van der Waals surface area contributed by atoms with Gasteiger partial charge in [0.2, 0.25) is 5.91 Å². The number of nitrogens with two attached hydrogens (primary N) is 1. The van der Waals surface area contributed by atoms with E-state index in [4.69, 9.17) is 10.5 Å². The molecule has 1 fully saturated rings. The van der Waals surface area contributed by atoms with E-state index < -0.39 is 5.91 Å². The van der Waals surface area contributed by atoms with Gasteiger partial charge in [-0.25, -0.2) is 4.98 Å². The number of para-hydroxylation sites is 1. The van der Waals surface area contributed by atoms with E-state index in [1.807, 2.05) is 18.2 Å². The molecule has 23 heavy (non-hydrogen) atoms. The van der Waals surface area contributed by atoms with Gasteiger partial charge in [-0.15, -0.1) is 0 Å². The third-order valence-electron chi connectivity index (χ3n) is 4.35. The third kappa shape index (κ3) is 3.28. The largest absolute Gasteiger partial charge is 0.496 e. The molecule has 0 radical (unpaired) electrons. The molecule has 0 spiro atoms. The summed E-state index contributed by atoms with van der Waals surface area (Å²) >= 11 is 0. The molecule has 2 heterocycles. The normalized spacial score (nSPS) is 17.3. The molecule has 1 amide bonds. The quantitative estimate of drug-likeness (QED) is 0.920. The SMILES string of the molecule is COc1ccccc1C[C@H]1CCCN1c1cc(C(N)=O)ccn1. The number of carbonyl (C=O) groups excluding carboxylic acids is 1. The molecule has 1 aliphatic heterocycles. The van der Waals surface area contributed by atoms with Crippen molar-refractivity contribution in [3.05, 3.63) is 53.7 Å². The maximum absolute atomic E-state index is 11.4. The van der Waals surface area contributed by atoms with Gasteiger partial charge < -0.3 is 15.4 Å². The van der Waals surface area contributed by atoms with Crippen molar-refractivity contribution in [2.24, 2.45) is 5.73 Å². The van der Waals surface area contributed by atoms with Crippen LogP contribution in [-0.2, 0) is 6.42 Å². The van der Waals surface area contributed by atoms with E-state index in [9.17, 15) is 4.79 Å². The van der Waals surface area contributed by atoms with Gasteiger partial charge in [-0.2, -0.15) is 0 Å². The zero-order valence-corrected chi connectivity index (χ0v) is 13.2. The Labute approximate surface area is 136 Å². The number of rotatable bonds is 5. The molecule has 1 atom stereocenters. The van der Waals surface area contributed by atoms with Crippen molar-refractivity contribution in [2.45, 2.75) is 25.3 Å². The molecule has 1 saturated heterocycles. The third-order valence-corrected chi connectivity index (χ3v) is 4.35. The van der Waals surface area contributed by atoms with E-state index in [-0.39, 0.29) is 0 Å². The second-order valence-electron chi connectivity index (χ2n) is 5.77. The Morgan fingerprint density at radius 2 is 2.22 bits per heavy atom. The van der Waals surface area contributed by atoms with Crippen molar-refractivity contribution in [3.8, 4) is 5.75 Å². The van der Waals surface area contributed by atoms with E-state index in [1.54, 1.807) is 25.4 Å². The average molecular weight is 311 g/mol. The van der Waals surface area contributed by atoms with E-state index >= 15 is 0 Å². The van der Waals surface area contributed by atoms with Gasteiger partial charge in [0.1, 0.15) is 11.6 Å².